The second-order valence-electron chi connectivity index (χ2n) is 5.21. The number of rotatable bonds is 5. The van der Waals surface area contributed by atoms with Gasteiger partial charge in [0.15, 0.2) is 0 Å². The lowest BCUT2D eigenvalue weighted by atomic mass is 10.2. The average Bonchev–Trinajstić information content (AvgIpc) is 2.81. The number of carbonyl (C=O) groups excluding carboxylic acids is 1. The highest BCUT2D eigenvalue weighted by Crippen LogP contribution is 2.22. The first-order valence-electron chi connectivity index (χ1n) is 6.49. The third kappa shape index (κ3) is 6.99. The lowest BCUT2D eigenvalue weighted by molar-refractivity contribution is -0.118. The molecule has 2 N–H and O–H groups in total. The molecule has 0 unspecified atom stereocenters. The largest absolute Gasteiger partial charge is 0.395 e. The fourth-order valence-electron chi connectivity index (χ4n) is 1.31. The Morgan fingerprint density at radius 1 is 1.50 bits per heavy atom. The topological polar surface area (TPSA) is 49.3 Å². The van der Waals surface area contributed by atoms with E-state index in [1.54, 1.807) is 23.1 Å². The first-order chi connectivity index (χ1) is 9.42. The molecule has 20 heavy (non-hydrogen) atoms. The van der Waals surface area contributed by atoms with E-state index in [0.717, 1.165) is 10.4 Å². The fraction of sp³-hybridized carbons (Fsp3) is 0.533. The van der Waals surface area contributed by atoms with Crippen molar-refractivity contribution in [1.82, 2.24) is 5.32 Å². The van der Waals surface area contributed by atoms with Crippen molar-refractivity contribution < 1.29 is 9.90 Å². The number of hydrogen-bond acceptors (Lipinski definition) is 4. The molecular formula is C15H21NO2S2. The third-order valence-corrected chi connectivity index (χ3v) is 4.48. The van der Waals surface area contributed by atoms with Gasteiger partial charge in [-0.05, 0) is 11.4 Å². The quantitative estimate of drug-likeness (QED) is 0.822. The van der Waals surface area contributed by atoms with Gasteiger partial charge < -0.3 is 10.4 Å². The first kappa shape index (κ1) is 17.1. The molecule has 1 heterocycles. The number of carbonyl (C=O) groups is 1. The van der Waals surface area contributed by atoms with Crippen LogP contribution in [0.1, 0.15) is 37.6 Å². The maximum absolute atomic E-state index is 11.8. The molecule has 0 fully saturated rings. The van der Waals surface area contributed by atoms with Gasteiger partial charge in [0, 0.05) is 21.6 Å². The molecule has 3 nitrogen and oxygen atoms in total. The highest BCUT2D eigenvalue weighted by molar-refractivity contribution is 8.01. The lowest BCUT2D eigenvalue weighted by Crippen LogP contribution is -2.26. The van der Waals surface area contributed by atoms with E-state index in [9.17, 15) is 4.79 Å². The highest BCUT2D eigenvalue weighted by atomic mass is 32.2. The zero-order valence-electron chi connectivity index (χ0n) is 12.2. The summed E-state index contributed by atoms with van der Waals surface area (Å²) < 4.78 is 0.0984. The number of thiophene rings is 1. The standard InChI is InChI=1S/C15H21NO2S2/c1-15(2,3)20-11-14(18)16-10-13-12(7-9-19-13)6-4-5-8-17/h7,9,17H,5,8,10-11H2,1-3H3,(H,16,18). The van der Waals surface area contributed by atoms with E-state index < -0.39 is 0 Å². The van der Waals surface area contributed by atoms with Crippen LogP contribution in [-0.4, -0.2) is 28.1 Å². The summed E-state index contributed by atoms with van der Waals surface area (Å²) in [6, 6.07) is 1.94. The molecule has 0 saturated heterocycles. The van der Waals surface area contributed by atoms with Crippen molar-refractivity contribution in [1.29, 1.82) is 0 Å². The van der Waals surface area contributed by atoms with Gasteiger partial charge in [0.05, 0.1) is 18.9 Å². The van der Waals surface area contributed by atoms with Gasteiger partial charge in [-0.3, -0.25) is 4.79 Å². The van der Waals surface area contributed by atoms with Gasteiger partial charge in [-0.25, -0.2) is 0 Å². The summed E-state index contributed by atoms with van der Waals surface area (Å²) in [5, 5.41) is 13.6. The van der Waals surface area contributed by atoms with Crippen LogP contribution in [0.3, 0.4) is 0 Å². The van der Waals surface area contributed by atoms with E-state index in [4.69, 9.17) is 5.11 Å². The molecular weight excluding hydrogens is 290 g/mol. The van der Waals surface area contributed by atoms with E-state index in [2.05, 4.69) is 37.9 Å². The van der Waals surface area contributed by atoms with Gasteiger partial charge in [0.1, 0.15) is 0 Å². The summed E-state index contributed by atoms with van der Waals surface area (Å²) in [6.07, 6.45) is 0.476. The fourth-order valence-corrected chi connectivity index (χ4v) is 2.75. The summed E-state index contributed by atoms with van der Waals surface area (Å²) in [4.78, 5) is 12.8. The minimum absolute atomic E-state index is 0.0487. The molecule has 0 aliphatic carbocycles. The number of thioether (sulfide) groups is 1. The normalized spacial score (nSPS) is 10.8. The Labute approximate surface area is 129 Å². The summed E-state index contributed by atoms with van der Waals surface area (Å²) in [5.74, 6) is 6.44. The van der Waals surface area contributed by atoms with Crippen LogP contribution in [0.2, 0.25) is 0 Å². The number of nitrogens with one attached hydrogen (secondary N) is 1. The Morgan fingerprint density at radius 2 is 2.25 bits per heavy atom. The van der Waals surface area contributed by atoms with Crippen molar-refractivity contribution in [3.63, 3.8) is 0 Å². The van der Waals surface area contributed by atoms with Crippen molar-refractivity contribution in [2.24, 2.45) is 0 Å². The second-order valence-corrected chi connectivity index (χ2v) is 8.01. The molecule has 0 aliphatic rings. The number of hydrogen-bond donors (Lipinski definition) is 2. The van der Waals surface area contributed by atoms with E-state index >= 15 is 0 Å². The Balaban J connectivity index is 2.44. The Kier molecular flexibility index (Phi) is 7.14. The van der Waals surface area contributed by atoms with Crippen molar-refractivity contribution in [2.45, 2.75) is 38.5 Å². The SMILES string of the molecule is CC(C)(C)SCC(=O)NCc1sccc1C#CCCO. The zero-order chi connectivity index (χ0) is 15.0. The molecule has 0 atom stereocenters. The van der Waals surface area contributed by atoms with Gasteiger partial charge in [-0.1, -0.05) is 32.6 Å². The molecule has 1 amide bonds. The third-order valence-electron chi connectivity index (χ3n) is 2.29. The van der Waals surface area contributed by atoms with Gasteiger partial charge >= 0.3 is 0 Å². The Hall–Kier alpha value is -0.960. The molecule has 0 saturated carbocycles. The minimum Gasteiger partial charge on any atom is -0.395 e. The molecule has 1 rings (SSSR count). The zero-order valence-corrected chi connectivity index (χ0v) is 13.8. The molecule has 5 heteroatoms. The van der Waals surface area contributed by atoms with E-state index in [1.165, 1.54) is 0 Å². The summed E-state index contributed by atoms with van der Waals surface area (Å²) in [6.45, 7) is 6.88. The summed E-state index contributed by atoms with van der Waals surface area (Å²) >= 11 is 3.22. The Bertz CT molecular complexity index is 492. The number of aliphatic hydroxyl groups is 1. The van der Waals surface area contributed by atoms with E-state index in [-0.39, 0.29) is 17.3 Å². The predicted octanol–water partition coefficient (Wildman–Crippen LogP) is 2.63. The molecule has 110 valence electrons. The van der Waals surface area contributed by atoms with Crippen molar-refractivity contribution in [3.8, 4) is 11.8 Å². The van der Waals surface area contributed by atoms with Crippen LogP contribution in [0.5, 0.6) is 0 Å². The molecule has 1 aromatic rings. The maximum atomic E-state index is 11.8. The predicted molar refractivity (Wildman–Crippen MR) is 87.0 cm³/mol. The van der Waals surface area contributed by atoms with Crippen LogP contribution in [0.4, 0.5) is 0 Å². The van der Waals surface area contributed by atoms with Gasteiger partial charge in [-0.2, -0.15) is 0 Å². The average molecular weight is 311 g/mol. The minimum atomic E-state index is 0.0487. The van der Waals surface area contributed by atoms with Gasteiger partial charge in [0.2, 0.25) is 5.91 Å². The molecule has 0 radical (unpaired) electrons. The molecule has 0 aliphatic heterocycles. The second kappa shape index (κ2) is 8.35. The molecule has 0 bridgehead atoms. The van der Waals surface area contributed by atoms with Gasteiger partial charge in [0.25, 0.3) is 0 Å². The van der Waals surface area contributed by atoms with E-state index in [1.807, 2.05) is 11.4 Å². The Morgan fingerprint density at radius 3 is 2.90 bits per heavy atom. The summed E-state index contributed by atoms with van der Waals surface area (Å²) in [7, 11) is 0. The van der Waals surface area contributed by atoms with Crippen LogP contribution in [-0.2, 0) is 11.3 Å². The lowest BCUT2D eigenvalue weighted by Gasteiger charge is -2.16. The highest BCUT2D eigenvalue weighted by Gasteiger charge is 2.13. The first-order valence-corrected chi connectivity index (χ1v) is 8.35. The van der Waals surface area contributed by atoms with Crippen LogP contribution < -0.4 is 5.32 Å². The molecule has 0 spiro atoms. The number of amides is 1. The van der Waals surface area contributed by atoms with Crippen molar-refractivity contribution in [3.05, 3.63) is 21.9 Å². The van der Waals surface area contributed by atoms with Crippen LogP contribution in [0.15, 0.2) is 11.4 Å². The monoisotopic (exact) mass is 311 g/mol. The smallest absolute Gasteiger partial charge is 0.230 e. The van der Waals surface area contributed by atoms with Crippen molar-refractivity contribution in [2.75, 3.05) is 12.4 Å². The van der Waals surface area contributed by atoms with Crippen LogP contribution in [0, 0.1) is 11.8 Å². The van der Waals surface area contributed by atoms with Crippen molar-refractivity contribution >= 4 is 29.0 Å². The number of aliphatic hydroxyl groups excluding tert-OH is 1. The van der Waals surface area contributed by atoms with Crippen LogP contribution in [0.25, 0.3) is 0 Å². The van der Waals surface area contributed by atoms with Gasteiger partial charge in [-0.15, -0.1) is 23.1 Å². The molecule has 1 aromatic heterocycles. The van der Waals surface area contributed by atoms with Crippen LogP contribution >= 0.6 is 23.1 Å². The van der Waals surface area contributed by atoms with E-state index in [0.29, 0.717) is 18.7 Å². The maximum Gasteiger partial charge on any atom is 0.230 e. The summed E-state index contributed by atoms with van der Waals surface area (Å²) in [5.41, 5.74) is 0.937. The molecule has 0 aromatic carbocycles.